The Hall–Kier alpha value is -3.97. The molecular weight excluding hydrogens is 520 g/mol. The molecule has 2 atom stereocenters. The molecule has 3 aromatic carbocycles. The summed E-state index contributed by atoms with van der Waals surface area (Å²) < 4.78 is 21.8. The summed E-state index contributed by atoms with van der Waals surface area (Å²) in [6.07, 6.45) is 5.43. The number of hydrogen-bond donors (Lipinski definition) is 0. The van der Waals surface area contributed by atoms with Crippen molar-refractivity contribution < 1.29 is 33.3 Å². The van der Waals surface area contributed by atoms with Gasteiger partial charge < -0.3 is 18.9 Å². The second-order valence-corrected chi connectivity index (χ2v) is 10.0. The van der Waals surface area contributed by atoms with Crippen molar-refractivity contribution in [2.24, 2.45) is 0 Å². The first-order chi connectivity index (χ1) is 19.8. The molecule has 0 spiro atoms. The monoisotopic (exact) mass is 560 g/mol. The summed E-state index contributed by atoms with van der Waals surface area (Å²) in [7, 11) is 0. The molecule has 0 aromatic heterocycles. The summed E-state index contributed by atoms with van der Waals surface area (Å²) >= 11 is 0. The van der Waals surface area contributed by atoms with Crippen molar-refractivity contribution in [3.63, 3.8) is 0 Å². The van der Waals surface area contributed by atoms with Gasteiger partial charge in [-0.05, 0) is 92.8 Å². The Balaban J connectivity index is 1.51. The first kappa shape index (κ1) is 31.6. The van der Waals surface area contributed by atoms with Gasteiger partial charge in [-0.2, -0.15) is 0 Å². The Morgan fingerprint density at radius 2 is 1.17 bits per heavy atom. The molecule has 3 rings (SSSR count). The summed E-state index contributed by atoms with van der Waals surface area (Å²) in [6.45, 7) is 8.21. The number of benzene rings is 3. The number of unbranched alkanes of at least 4 members (excludes halogenated alkanes) is 3. The van der Waals surface area contributed by atoms with Crippen LogP contribution < -0.4 is 9.47 Å². The normalized spacial score (nSPS) is 12.3. The summed E-state index contributed by atoms with van der Waals surface area (Å²) in [5.41, 5.74) is 2.59. The van der Waals surface area contributed by atoms with E-state index in [1.807, 2.05) is 38.1 Å². The number of rotatable bonds is 15. The van der Waals surface area contributed by atoms with Crippen LogP contribution in [-0.4, -0.2) is 36.7 Å². The zero-order chi connectivity index (χ0) is 29.6. The molecule has 1 unspecified atom stereocenters. The summed E-state index contributed by atoms with van der Waals surface area (Å²) in [6, 6.07) is 20.5. The van der Waals surface area contributed by atoms with E-state index in [0.717, 1.165) is 36.8 Å². The van der Waals surface area contributed by atoms with Gasteiger partial charge in [-0.3, -0.25) is 0 Å². The average molecular weight is 561 g/mol. The third kappa shape index (κ3) is 10.2. The van der Waals surface area contributed by atoms with Gasteiger partial charge in [-0.25, -0.2) is 14.4 Å². The highest BCUT2D eigenvalue weighted by Crippen LogP contribution is 2.24. The average Bonchev–Trinajstić information content (AvgIpc) is 2.98. The Bertz CT molecular complexity index is 1250. The lowest BCUT2D eigenvalue weighted by atomic mass is 10.0. The Kier molecular flexibility index (Phi) is 12.6. The first-order valence-corrected chi connectivity index (χ1v) is 14.4. The fourth-order valence-corrected chi connectivity index (χ4v) is 4.07. The molecule has 0 aliphatic carbocycles. The number of hydrogen-bond acceptors (Lipinski definition) is 7. The van der Waals surface area contributed by atoms with Crippen molar-refractivity contribution in [3.8, 4) is 22.6 Å². The minimum absolute atomic E-state index is 0.144. The molecule has 0 aliphatic heterocycles. The molecule has 7 heteroatoms. The highest BCUT2D eigenvalue weighted by Gasteiger charge is 2.16. The maximum atomic E-state index is 12.7. The topological polar surface area (TPSA) is 88.1 Å². The van der Waals surface area contributed by atoms with Crippen molar-refractivity contribution in [3.05, 3.63) is 83.9 Å². The molecule has 0 N–H and O–H groups in total. The Labute approximate surface area is 242 Å². The van der Waals surface area contributed by atoms with E-state index in [1.54, 1.807) is 55.5 Å². The predicted octanol–water partition coefficient (Wildman–Crippen LogP) is 7.81. The number of ether oxygens (including phenoxy) is 4. The second-order valence-electron chi connectivity index (χ2n) is 10.0. The van der Waals surface area contributed by atoms with Crippen LogP contribution in [0.1, 0.15) is 86.9 Å². The molecule has 0 saturated heterocycles. The zero-order valence-corrected chi connectivity index (χ0v) is 24.4. The van der Waals surface area contributed by atoms with Gasteiger partial charge in [0, 0.05) is 6.61 Å². The molecule has 218 valence electrons. The minimum Gasteiger partial charge on any atom is -0.459 e. The first-order valence-electron chi connectivity index (χ1n) is 14.4. The lowest BCUT2D eigenvalue weighted by molar-refractivity contribution is -0.146. The maximum Gasteiger partial charge on any atom is 0.343 e. The van der Waals surface area contributed by atoms with Crippen LogP contribution in [0.25, 0.3) is 11.1 Å². The minimum atomic E-state index is -0.630. The van der Waals surface area contributed by atoms with E-state index in [4.69, 9.17) is 18.9 Å². The Morgan fingerprint density at radius 1 is 0.634 bits per heavy atom. The lowest BCUT2D eigenvalue weighted by Crippen LogP contribution is -2.26. The van der Waals surface area contributed by atoms with Gasteiger partial charge in [0.25, 0.3) is 0 Å². The van der Waals surface area contributed by atoms with Crippen LogP contribution in [-0.2, 0) is 14.3 Å². The maximum absolute atomic E-state index is 12.7. The van der Waals surface area contributed by atoms with Crippen molar-refractivity contribution in [2.75, 3.05) is 6.61 Å². The lowest BCUT2D eigenvalue weighted by Gasteiger charge is -2.13. The molecule has 41 heavy (non-hydrogen) atoms. The molecule has 0 saturated carbocycles. The fourth-order valence-electron chi connectivity index (χ4n) is 4.07. The van der Waals surface area contributed by atoms with Gasteiger partial charge in [0.05, 0.1) is 17.2 Å². The van der Waals surface area contributed by atoms with Gasteiger partial charge in [0.1, 0.15) is 11.5 Å². The quantitative estimate of drug-likeness (QED) is 0.106. The summed E-state index contributed by atoms with van der Waals surface area (Å²) in [4.78, 5) is 37.2. The highest BCUT2D eigenvalue weighted by atomic mass is 16.6. The van der Waals surface area contributed by atoms with Crippen molar-refractivity contribution >= 4 is 17.9 Å². The van der Waals surface area contributed by atoms with E-state index in [1.165, 1.54) is 12.8 Å². The largest absolute Gasteiger partial charge is 0.459 e. The van der Waals surface area contributed by atoms with E-state index >= 15 is 0 Å². The zero-order valence-electron chi connectivity index (χ0n) is 24.4. The van der Waals surface area contributed by atoms with Crippen LogP contribution in [0.5, 0.6) is 11.5 Å². The van der Waals surface area contributed by atoms with Crippen LogP contribution in [0, 0.1) is 0 Å². The van der Waals surface area contributed by atoms with Crippen LogP contribution in [0.3, 0.4) is 0 Å². The Morgan fingerprint density at radius 3 is 1.78 bits per heavy atom. The number of carbonyl (C=O) groups is 3. The van der Waals surface area contributed by atoms with E-state index < -0.39 is 18.0 Å². The van der Waals surface area contributed by atoms with Crippen molar-refractivity contribution in [1.29, 1.82) is 0 Å². The smallest absolute Gasteiger partial charge is 0.343 e. The van der Waals surface area contributed by atoms with E-state index in [-0.39, 0.29) is 12.1 Å². The van der Waals surface area contributed by atoms with Crippen LogP contribution in [0.2, 0.25) is 0 Å². The van der Waals surface area contributed by atoms with Gasteiger partial charge in [-0.15, -0.1) is 0 Å². The van der Waals surface area contributed by atoms with Gasteiger partial charge in [0.2, 0.25) is 0 Å². The molecule has 3 aromatic rings. The van der Waals surface area contributed by atoms with Crippen molar-refractivity contribution in [2.45, 2.75) is 78.4 Å². The summed E-state index contributed by atoms with van der Waals surface area (Å²) in [5, 5.41) is 0. The molecular formula is C34H40O7. The van der Waals surface area contributed by atoms with Crippen LogP contribution in [0.4, 0.5) is 0 Å². The molecule has 0 radical (unpaired) electrons. The molecule has 0 heterocycles. The van der Waals surface area contributed by atoms with Gasteiger partial charge >= 0.3 is 17.9 Å². The standard InChI is InChI=1S/C34H40O7/c1-5-7-8-9-10-24(3)39-33(36)29-17-21-31(22-18-29)41-34(37)28-13-11-26(12-14-28)27-15-19-30(20-16-27)40-32(35)25(4)38-23-6-2/h11-22,24-25H,5-10,23H2,1-4H3/t24-,25?/m0/s1. The van der Waals surface area contributed by atoms with Crippen LogP contribution in [0.15, 0.2) is 72.8 Å². The van der Waals surface area contributed by atoms with Crippen molar-refractivity contribution in [1.82, 2.24) is 0 Å². The van der Waals surface area contributed by atoms with Gasteiger partial charge in [0.15, 0.2) is 6.10 Å². The third-order valence-electron chi connectivity index (χ3n) is 6.50. The van der Waals surface area contributed by atoms with Gasteiger partial charge in [-0.1, -0.05) is 57.4 Å². The third-order valence-corrected chi connectivity index (χ3v) is 6.50. The molecule has 7 nitrogen and oxygen atoms in total. The SMILES string of the molecule is CCCCCC[C@H](C)OC(=O)c1ccc(OC(=O)c2ccc(-c3ccc(OC(=O)C(C)OCCC)cc3)cc2)cc1. The van der Waals surface area contributed by atoms with E-state index in [9.17, 15) is 14.4 Å². The fraction of sp³-hybridized carbons (Fsp3) is 0.382. The number of carbonyl (C=O) groups excluding carboxylic acids is 3. The molecule has 0 aliphatic rings. The highest BCUT2D eigenvalue weighted by molar-refractivity contribution is 5.92. The van der Waals surface area contributed by atoms with E-state index in [0.29, 0.717) is 29.2 Å². The molecule has 0 bridgehead atoms. The molecule has 0 fully saturated rings. The summed E-state index contributed by atoms with van der Waals surface area (Å²) in [5.74, 6) is -0.561. The second kappa shape index (κ2) is 16.3. The molecule has 0 amide bonds. The number of esters is 3. The van der Waals surface area contributed by atoms with E-state index in [2.05, 4.69) is 6.92 Å². The van der Waals surface area contributed by atoms with Crippen LogP contribution >= 0.6 is 0 Å². The predicted molar refractivity (Wildman–Crippen MR) is 158 cm³/mol.